The number of hydrogen-bond acceptors (Lipinski definition) is 5. The van der Waals surface area contributed by atoms with E-state index in [4.69, 9.17) is 4.74 Å². The van der Waals surface area contributed by atoms with Crippen LogP contribution in [0.3, 0.4) is 0 Å². The monoisotopic (exact) mass is 442 g/mol. The van der Waals surface area contributed by atoms with Gasteiger partial charge in [0.15, 0.2) is 0 Å². The Kier molecular flexibility index (Phi) is 5.20. The second-order valence-corrected chi connectivity index (χ2v) is 8.76. The Bertz CT molecular complexity index is 1140. The first kappa shape index (κ1) is 21.0. The van der Waals surface area contributed by atoms with E-state index in [1.165, 1.54) is 12.1 Å². The van der Waals surface area contributed by atoms with E-state index < -0.39 is 23.3 Å². The fourth-order valence-corrected chi connectivity index (χ4v) is 4.74. The van der Waals surface area contributed by atoms with Gasteiger partial charge in [-0.15, -0.1) is 0 Å². The molecule has 1 aromatic heterocycles. The minimum absolute atomic E-state index is 0.177. The van der Waals surface area contributed by atoms with Crippen LogP contribution in [0.2, 0.25) is 0 Å². The van der Waals surface area contributed by atoms with Crippen molar-refractivity contribution in [3.05, 3.63) is 59.5 Å². The SMILES string of the molecule is C[C@@H](Nc1cnnc2ccc(N3CC4CCC3CO4)cc12)c1cccc(C(C)(F)F)c1F. The third kappa shape index (κ3) is 3.77. The van der Waals surface area contributed by atoms with Gasteiger partial charge < -0.3 is 15.0 Å². The zero-order chi connectivity index (χ0) is 22.5. The molecule has 8 heteroatoms. The lowest BCUT2D eigenvalue weighted by Crippen LogP contribution is -2.54. The molecule has 32 heavy (non-hydrogen) atoms. The van der Waals surface area contributed by atoms with Gasteiger partial charge in [0.2, 0.25) is 0 Å². The van der Waals surface area contributed by atoms with Gasteiger partial charge >= 0.3 is 0 Å². The first-order valence-electron chi connectivity index (χ1n) is 10.9. The van der Waals surface area contributed by atoms with Gasteiger partial charge in [-0.2, -0.15) is 10.2 Å². The van der Waals surface area contributed by atoms with Gasteiger partial charge in [-0.05, 0) is 38.0 Å². The van der Waals surface area contributed by atoms with Crippen molar-refractivity contribution < 1.29 is 17.9 Å². The van der Waals surface area contributed by atoms with E-state index in [-0.39, 0.29) is 11.7 Å². The minimum atomic E-state index is -3.25. The number of halogens is 3. The Labute approximate surface area is 184 Å². The number of rotatable bonds is 5. The summed E-state index contributed by atoms with van der Waals surface area (Å²) in [4.78, 5) is 2.37. The minimum Gasteiger partial charge on any atom is -0.377 e. The largest absolute Gasteiger partial charge is 0.377 e. The number of benzene rings is 2. The van der Waals surface area contributed by atoms with Gasteiger partial charge in [0, 0.05) is 30.1 Å². The van der Waals surface area contributed by atoms with Crippen LogP contribution in [0.1, 0.15) is 43.9 Å². The van der Waals surface area contributed by atoms with E-state index in [9.17, 15) is 13.2 Å². The van der Waals surface area contributed by atoms with E-state index in [1.807, 2.05) is 12.1 Å². The number of nitrogens with one attached hydrogen (secondary N) is 1. The second-order valence-electron chi connectivity index (χ2n) is 8.76. The lowest BCUT2D eigenvalue weighted by atomic mass is 9.96. The molecule has 1 N–H and O–H groups in total. The van der Waals surface area contributed by atoms with Crippen molar-refractivity contribution in [1.82, 2.24) is 10.2 Å². The summed E-state index contributed by atoms with van der Waals surface area (Å²) in [5.41, 5.74) is 2.04. The van der Waals surface area contributed by atoms with Gasteiger partial charge in [0.05, 0.1) is 47.8 Å². The molecular formula is C24H25F3N4O. The van der Waals surface area contributed by atoms with Crippen molar-refractivity contribution >= 4 is 22.3 Å². The average Bonchev–Trinajstić information content (AvgIpc) is 2.79. The van der Waals surface area contributed by atoms with Crippen molar-refractivity contribution in [2.75, 3.05) is 23.4 Å². The molecule has 2 bridgehead atoms. The molecule has 4 heterocycles. The molecule has 2 unspecified atom stereocenters. The van der Waals surface area contributed by atoms with Gasteiger partial charge in [0.1, 0.15) is 5.82 Å². The second kappa shape index (κ2) is 7.92. The highest BCUT2D eigenvalue weighted by Crippen LogP contribution is 2.36. The maximum atomic E-state index is 14.9. The van der Waals surface area contributed by atoms with Crippen LogP contribution < -0.4 is 10.2 Å². The summed E-state index contributed by atoms with van der Waals surface area (Å²) >= 11 is 0. The summed E-state index contributed by atoms with van der Waals surface area (Å²) in [6, 6.07) is 9.94. The van der Waals surface area contributed by atoms with E-state index in [0.717, 1.165) is 43.1 Å². The van der Waals surface area contributed by atoms with Gasteiger partial charge in [-0.1, -0.05) is 18.2 Å². The Morgan fingerprint density at radius 3 is 2.75 bits per heavy atom. The molecule has 0 spiro atoms. The van der Waals surface area contributed by atoms with Crippen molar-refractivity contribution in [3.8, 4) is 0 Å². The average molecular weight is 442 g/mol. The third-order valence-corrected chi connectivity index (χ3v) is 6.48. The molecule has 3 fully saturated rings. The normalized spacial score (nSPS) is 21.7. The molecule has 2 aromatic carbocycles. The Balaban J connectivity index is 1.47. The first-order chi connectivity index (χ1) is 15.3. The fourth-order valence-electron chi connectivity index (χ4n) is 4.74. The molecule has 3 aliphatic rings. The number of hydrogen-bond donors (Lipinski definition) is 1. The molecule has 3 saturated heterocycles. The molecule has 6 rings (SSSR count). The molecular weight excluding hydrogens is 417 g/mol. The number of alkyl halides is 2. The number of nitrogens with zero attached hydrogens (tertiary/aromatic N) is 3. The van der Waals surface area contributed by atoms with Gasteiger partial charge in [-0.3, -0.25) is 0 Å². The quantitative estimate of drug-likeness (QED) is 0.572. The fraction of sp³-hybridized carbons (Fsp3) is 0.417. The predicted octanol–water partition coefficient (Wildman–Crippen LogP) is 5.42. The van der Waals surface area contributed by atoms with Crippen LogP contribution in [-0.2, 0) is 10.7 Å². The summed E-state index contributed by atoms with van der Waals surface area (Å²) in [6.07, 6.45) is 4.05. The topological polar surface area (TPSA) is 50.3 Å². The zero-order valence-electron chi connectivity index (χ0n) is 18.0. The molecule has 0 amide bonds. The van der Waals surface area contributed by atoms with E-state index >= 15 is 0 Å². The van der Waals surface area contributed by atoms with Crippen molar-refractivity contribution in [2.45, 2.75) is 50.8 Å². The molecule has 0 saturated carbocycles. The molecule has 5 nitrogen and oxygen atoms in total. The lowest BCUT2D eigenvalue weighted by Gasteiger charge is -2.46. The molecule has 0 radical (unpaired) electrons. The maximum absolute atomic E-state index is 14.9. The van der Waals surface area contributed by atoms with Crippen LogP contribution in [0.4, 0.5) is 24.5 Å². The highest BCUT2D eigenvalue weighted by atomic mass is 19.3. The number of fused-ring (bicyclic) bond motifs is 4. The van der Waals surface area contributed by atoms with Crippen LogP contribution in [0.25, 0.3) is 10.9 Å². The molecule has 3 aliphatic heterocycles. The van der Waals surface area contributed by atoms with E-state index in [2.05, 4.69) is 26.5 Å². The summed E-state index contributed by atoms with van der Waals surface area (Å²) < 4.78 is 48.3. The van der Waals surface area contributed by atoms with Crippen LogP contribution >= 0.6 is 0 Å². The summed E-state index contributed by atoms with van der Waals surface area (Å²) in [7, 11) is 0. The number of aromatic nitrogens is 2. The summed E-state index contributed by atoms with van der Waals surface area (Å²) in [5, 5.41) is 12.4. The first-order valence-corrected chi connectivity index (χ1v) is 10.9. The smallest absolute Gasteiger partial charge is 0.273 e. The van der Waals surface area contributed by atoms with E-state index in [1.54, 1.807) is 13.1 Å². The lowest BCUT2D eigenvalue weighted by molar-refractivity contribution is -0.0225. The Morgan fingerprint density at radius 2 is 2.06 bits per heavy atom. The number of ether oxygens (including phenoxy) is 1. The number of morpholine rings is 1. The summed E-state index contributed by atoms with van der Waals surface area (Å²) in [6.45, 7) is 4.04. The molecule has 168 valence electrons. The highest BCUT2D eigenvalue weighted by Gasteiger charge is 2.35. The molecule has 3 atom stereocenters. The number of anilines is 2. The third-order valence-electron chi connectivity index (χ3n) is 6.48. The Hall–Kier alpha value is -2.87. The van der Waals surface area contributed by atoms with Gasteiger partial charge in [-0.25, -0.2) is 13.2 Å². The van der Waals surface area contributed by atoms with Crippen molar-refractivity contribution in [3.63, 3.8) is 0 Å². The zero-order valence-corrected chi connectivity index (χ0v) is 18.0. The maximum Gasteiger partial charge on any atom is 0.273 e. The van der Waals surface area contributed by atoms with Crippen molar-refractivity contribution in [1.29, 1.82) is 0 Å². The predicted molar refractivity (Wildman–Crippen MR) is 118 cm³/mol. The number of piperidine rings is 1. The van der Waals surface area contributed by atoms with Gasteiger partial charge in [0.25, 0.3) is 5.92 Å². The van der Waals surface area contributed by atoms with Crippen LogP contribution in [-0.4, -0.2) is 35.5 Å². The molecule has 3 aromatic rings. The standard InChI is InChI=1S/C24H25F3N4O/c1-14(18-4-3-5-20(23(18)25)24(2,26)27)29-22-11-28-30-21-9-7-15(10-19(21)22)31-12-17-8-6-16(31)13-32-17/h3-5,7,9-11,14,16-17H,6,8,12-13H2,1-2H3,(H,29,30)/t14-,16?,17?/m1/s1. The summed E-state index contributed by atoms with van der Waals surface area (Å²) in [5.74, 6) is -4.15. The Morgan fingerprint density at radius 1 is 1.22 bits per heavy atom. The van der Waals surface area contributed by atoms with Crippen LogP contribution in [0, 0.1) is 5.82 Å². The van der Waals surface area contributed by atoms with Crippen LogP contribution in [0.5, 0.6) is 0 Å². The van der Waals surface area contributed by atoms with Crippen LogP contribution in [0.15, 0.2) is 42.6 Å². The van der Waals surface area contributed by atoms with E-state index in [0.29, 0.717) is 24.2 Å². The molecule has 0 aliphatic carbocycles. The van der Waals surface area contributed by atoms with Crippen molar-refractivity contribution in [2.24, 2.45) is 0 Å². The highest BCUT2D eigenvalue weighted by molar-refractivity contribution is 5.93.